The Labute approximate surface area is 128 Å². The van der Waals surface area contributed by atoms with Crippen LogP contribution in [0.5, 0.6) is 0 Å². The molecule has 0 spiro atoms. The van der Waals surface area contributed by atoms with Gasteiger partial charge in [0.1, 0.15) is 5.60 Å². The van der Waals surface area contributed by atoms with Crippen LogP contribution in [0.1, 0.15) is 31.2 Å². The van der Waals surface area contributed by atoms with Crippen molar-refractivity contribution in [3.63, 3.8) is 0 Å². The van der Waals surface area contributed by atoms with E-state index in [1.54, 1.807) is 12.1 Å². The third-order valence-electron chi connectivity index (χ3n) is 3.75. The summed E-state index contributed by atoms with van der Waals surface area (Å²) in [6, 6.07) is 6.28. The Kier molecular flexibility index (Phi) is 4.81. The Balaban J connectivity index is 2.02. The minimum absolute atomic E-state index is 0.0855. The summed E-state index contributed by atoms with van der Waals surface area (Å²) < 4.78 is 49.4. The molecule has 2 N–H and O–H groups in total. The van der Waals surface area contributed by atoms with Crippen LogP contribution in [0.2, 0.25) is 0 Å². The van der Waals surface area contributed by atoms with Crippen LogP contribution < -0.4 is 4.83 Å². The number of aryl methyl sites for hydroxylation is 1. The number of benzene rings is 1. The van der Waals surface area contributed by atoms with E-state index in [-0.39, 0.29) is 30.6 Å². The van der Waals surface area contributed by atoms with Gasteiger partial charge >= 0.3 is 0 Å². The second-order valence-electron chi connectivity index (χ2n) is 5.49. The second kappa shape index (κ2) is 6.29. The first-order chi connectivity index (χ1) is 10.2. The van der Waals surface area contributed by atoms with Crippen LogP contribution in [0.3, 0.4) is 0 Å². The van der Waals surface area contributed by atoms with Crippen LogP contribution in [0.4, 0.5) is 8.78 Å². The lowest BCUT2D eigenvalue weighted by molar-refractivity contribution is -0.107. The molecule has 0 unspecified atom stereocenters. The van der Waals surface area contributed by atoms with Crippen molar-refractivity contribution < 1.29 is 22.3 Å². The Morgan fingerprint density at radius 1 is 1.23 bits per heavy atom. The molecule has 1 aliphatic rings. The van der Waals surface area contributed by atoms with Gasteiger partial charge in [-0.3, -0.25) is 0 Å². The topological polar surface area (TPSA) is 78.8 Å². The van der Waals surface area contributed by atoms with Gasteiger partial charge in [0.15, 0.2) is 0 Å². The molecule has 1 aliphatic carbocycles. The molecule has 1 aromatic carbocycles. The molecular formula is C14H18F2N2O3S. The van der Waals surface area contributed by atoms with E-state index in [2.05, 4.69) is 9.93 Å². The van der Waals surface area contributed by atoms with Crippen molar-refractivity contribution in [3.8, 4) is 0 Å². The lowest BCUT2D eigenvalue weighted by atomic mass is 9.84. The highest BCUT2D eigenvalue weighted by Crippen LogP contribution is 2.32. The number of nitrogens with zero attached hydrogens (tertiary/aromatic N) is 1. The monoisotopic (exact) mass is 332 g/mol. The molecule has 0 saturated heterocycles. The van der Waals surface area contributed by atoms with E-state index in [0.717, 1.165) is 5.56 Å². The van der Waals surface area contributed by atoms with Crippen molar-refractivity contribution in [1.29, 1.82) is 0 Å². The average Bonchev–Trinajstić information content (AvgIpc) is 2.47. The van der Waals surface area contributed by atoms with Gasteiger partial charge in [-0.1, -0.05) is 17.7 Å². The molecule has 1 saturated carbocycles. The van der Waals surface area contributed by atoms with Crippen molar-refractivity contribution in [1.82, 2.24) is 4.83 Å². The summed E-state index contributed by atoms with van der Waals surface area (Å²) in [5.74, 6) is 0. The third-order valence-corrected chi connectivity index (χ3v) is 4.98. The van der Waals surface area contributed by atoms with Crippen LogP contribution in [0.25, 0.3) is 0 Å². The van der Waals surface area contributed by atoms with Crippen LogP contribution in [-0.4, -0.2) is 31.3 Å². The van der Waals surface area contributed by atoms with Gasteiger partial charge in [0.25, 0.3) is 16.4 Å². The summed E-state index contributed by atoms with van der Waals surface area (Å²) in [4.78, 5) is 2.20. The molecule has 0 radical (unpaired) electrons. The molecule has 8 heteroatoms. The van der Waals surface area contributed by atoms with Crippen molar-refractivity contribution in [2.75, 3.05) is 0 Å². The predicted octanol–water partition coefficient (Wildman–Crippen LogP) is 2.20. The van der Waals surface area contributed by atoms with Crippen molar-refractivity contribution >= 4 is 15.7 Å². The molecule has 5 nitrogen and oxygen atoms in total. The molecule has 22 heavy (non-hydrogen) atoms. The van der Waals surface area contributed by atoms with Crippen molar-refractivity contribution in [2.45, 2.75) is 49.5 Å². The number of nitrogens with one attached hydrogen (secondary N) is 1. The largest absolute Gasteiger partial charge is 0.384 e. The molecule has 0 aliphatic heterocycles. The van der Waals surface area contributed by atoms with Crippen molar-refractivity contribution in [2.24, 2.45) is 5.10 Å². The van der Waals surface area contributed by atoms with E-state index in [9.17, 15) is 22.3 Å². The molecular weight excluding hydrogens is 314 g/mol. The Morgan fingerprint density at radius 3 is 2.27 bits per heavy atom. The van der Waals surface area contributed by atoms with Crippen LogP contribution in [0, 0.1) is 6.92 Å². The van der Waals surface area contributed by atoms with E-state index in [1.165, 1.54) is 12.1 Å². The normalized spacial score (nSPS) is 22.7. The number of hydrazone groups is 1. The first-order valence-corrected chi connectivity index (χ1v) is 8.36. The third kappa shape index (κ3) is 3.80. The van der Waals surface area contributed by atoms with Gasteiger partial charge in [-0.05, 0) is 44.7 Å². The highest BCUT2D eigenvalue weighted by Gasteiger charge is 2.40. The summed E-state index contributed by atoms with van der Waals surface area (Å²) in [5.41, 5.74) is -0.598. The number of aliphatic hydroxyl groups is 1. The fourth-order valence-corrected chi connectivity index (χ4v) is 3.05. The van der Waals surface area contributed by atoms with Gasteiger partial charge in [-0.25, -0.2) is 13.6 Å². The van der Waals surface area contributed by atoms with E-state index in [0.29, 0.717) is 5.71 Å². The Morgan fingerprint density at radius 2 is 1.77 bits per heavy atom. The van der Waals surface area contributed by atoms with E-state index >= 15 is 0 Å². The predicted molar refractivity (Wildman–Crippen MR) is 78.4 cm³/mol. The first kappa shape index (κ1) is 16.8. The minimum Gasteiger partial charge on any atom is -0.384 e. The SMILES string of the molecule is Cc1ccc(S(=O)(=O)NN=C2CCC(O)(C(F)F)CC2)cc1. The zero-order valence-electron chi connectivity index (χ0n) is 12.1. The van der Waals surface area contributed by atoms with Gasteiger partial charge < -0.3 is 5.11 Å². The quantitative estimate of drug-likeness (QED) is 0.830. The smallest absolute Gasteiger partial charge is 0.276 e. The molecule has 0 bridgehead atoms. The molecule has 0 atom stereocenters. The number of rotatable bonds is 4. The maximum atomic E-state index is 12.7. The maximum Gasteiger partial charge on any atom is 0.276 e. The number of halogens is 2. The maximum absolute atomic E-state index is 12.7. The zero-order chi connectivity index (χ0) is 16.4. The summed E-state index contributed by atoms with van der Waals surface area (Å²) in [7, 11) is -3.77. The molecule has 1 fully saturated rings. The lowest BCUT2D eigenvalue weighted by Gasteiger charge is -2.31. The van der Waals surface area contributed by atoms with Gasteiger partial charge in [-0.2, -0.15) is 13.5 Å². The Hall–Kier alpha value is -1.54. The zero-order valence-corrected chi connectivity index (χ0v) is 12.9. The minimum atomic E-state index is -3.77. The van der Waals surface area contributed by atoms with Gasteiger partial charge in [0.2, 0.25) is 0 Å². The summed E-state index contributed by atoms with van der Waals surface area (Å²) in [5, 5.41) is 13.5. The Bertz CT molecular complexity index is 647. The molecule has 122 valence electrons. The second-order valence-corrected chi connectivity index (χ2v) is 7.15. The fraction of sp³-hybridized carbons (Fsp3) is 0.500. The number of hydrogen-bond acceptors (Lipinski definition) is 4. The van der Waals surface area contributed by atoms with E-state index in [4.69, 9.17) is 0 Å². The number of sulfonamides is 1. The van der Waals surface area contributed by atoms with E-state index in [1.807, 2.05) is 6.92 Å². The van der Waals surface area contributed by atoms with Gasteiger partial charge in [-0.15, -0.1) is 0 Å². The summed E-state index contributed by atoms with van der Waals surface area (Å²) in [6.07, 6.45) is -2.79. The number of hydrogen-bond donors (Lipinski definition) is 2. The molecule has 1 aromatic rings. The van der Waals surface area contributed by atoms with Crippen LogP contribution in [0.15, 0.2) is 34.3 Å². The first-order valence-electron chi connectivity index (χ1n) is 6.87. The summed E-state index contributed by atoms with van der Waals surface area (Å²) in [6.45, 7) is 1.84. The van der Waals surface area contributed by atoms with Crippen LogP contribution in [-0.2, 0) is 10.0 Å². The summed E-state index contributed by atoms with van der Waals surface area (Å²) >= 11 is 0. The number of alkyl halides is 2. The molecule has 2 rings (SSSR count). The van der Waals surface area contributed by atoms with Crippen LogP contribution >= 0.6 is 0 Å². The fourth-order valence-electron chi connectivity index (χ4n) is 2.20. The molecule has 0 aromatic heterocycles. The van der Waals surface area contributed by atoms with Gasteiger partial charge in [0.05, 0.1) is 4.90 Å². The van der Waals surface area contributed by atoms with Crippen molar-refractivity contribution in [3.05, 3.63) is 29.8 Å². The average molecular weight is 332 g/mol. The molecule has 0 heterocycles. The standard InChI is InChI=1S/C14H18F2N2O3S/c1-10-2-4-12(5-3-10)22(20,21)18-17-11-6-8-14(19,9-7-11)13(15)16/h2-5,13,18-19H,6-9H2,1H3. The highest BCUT2D eigenvalue weighted by atomic mass is 32.2. The lowest BCUT2D eigenvalue weighted by Crippen LogP contribution is -2.41. The van der Waals surface area contributed by atoms with E-state index < -0.39 is 22.0 Å². The molecule has 0 amide bonds. The highest BCUT2D eigenvalue weighted by molar-refractivity contribution is 7.89. The van der Waals surface area contributed by atoms with Gasteiger partial charge in [0, 0.05) is 5.71 Å².